The summed E-state index contributed by atoms with van der Waals surface area (Å²) in [4.78, 5) is 26.0. The highest BCUT2D eigenvalue weighted by Gasteiger charge is 2.43. The van der Waals surface area contributed by atoms with E-state index in [1.54, 1.807) is 33.8 Å². The summed E-state index contributed by atoms with van der Waals surface area (Å²) in [6.45, 7) is 6.65. The molecule has 0 unspecified atom stereocenters. The van der Waals surface area contributed by atoms with Crippen molar-refractivity contribution in [2.24, 2.45) is 10.2 Å². The number of fused-ring (bicyclic) bond motifs is 2. The number of nitrogens with zero attached hydrogens (tertiary/aromatic N) is 3. The van der Waals surface area contributed by atoms with Gasteiger partial charge in [0, 0.05) is 22.8 Å². The first-order chi connectivity index (χ1) is 28.0. The zero-order chi connectivity index (χ0) is 43.5. The number of phenolic OH excluding ortho intramolecular Hbond substituents is 2. The van der Waals surface area contributed by atoms with Crippen LogP contribution in [0.2, 0.25) is 0 Å². The van der Waals surface area contributed by atoms with Gasteiger partial charge in [0.2, 0.25) is 5.91 Å². The topological polar surface area (TPSA) is 263 Å². The standard InChI is InChI=1S/C39H35N7O10S4/c1-20-15-29(32(47)16-21(20)2)46-60(55,56)26-8-6-7-23(17-26)45-59(53,54)24-11-9-22(10-12-24)36(49)40-31-19-30(34-33(35(31)48)39(3,4)38(50)41-34)42-43-37-27-18-25(58(5,51)52)13-14-28(27)44-57-37/h6-19,45-48H,1-5H3,(H,40,49)(H,41,50). The summed E-state index contributed by atoms with van der Waals surface area (Å²) in [5, 5.41) is 36.2. The average molecular weight is 890 g/mol. The molecule has 0 spiro atoms. The van der Waals surface area contributed by atoms with E-state index in [-0.39, 0.29) is 65.0 Å². The summed E-state index contributed by atoms with van der Waals surface area (Å²) in [6, 6.07) is 18.4. The van der Waals surface area contributed by atoms with Crippen LogP contribution in [-0.2, 0) is 40.1 Å². The third-order valence-corrected chi connectivity index (χ3v) is 14.4. The summed E-state index contributed by atoms with van der Waals surface area (Å²) >= 11 is 0.963. The monoisotopic (exact) mass is 889 g/mol. The number of nitrogens with one attached hydrogen (secondary N) is 4. The first-order valence-electron chi connectivity index (χ1n) is 17.7. The molecule has 6 N–H and O–H groups in total. The lowest BCUT2D eigenvalue weighted by atomic mass is 9.85. The second-order valence-electron chi connectivity index (χ2n) is 14.4. The van der Waals surface area contributed by atoms with E-state index in [2.05, 4.69) is 34.7 Å². The number of hydrogen-bond acceptors (Lipinski definition) is 14. The number of carbonyl (C=O) groups is 2. The van der Waals surface area contributed by atoms with E-state index in [0.29, 0.717) is 10.9 Å². The molecule has 21 heteroatoms. The van der Waals surface area contributed by atoms with Crippen LogP contribution in [0.4, 0.5) is 33.4 Å². The van der Waals surface area contributed by atoms with Crippen LogP contribution in [0, 0.1) is 13.8 Å². The number of benzene rings is 5. The molecule has 0 bridgehead atoms. The average Bonchev–Trinajstić information content (AvgIpc) is 3.70. The van der Waals surface area contributed by atoms with Gasteiger partial charge >= 0.3 is 0 Å². The Balaban J connectivity index is 1.12. The smallest absolute Gasteiger partial charge is 0.262 e. The Morgan fingerprint density at radius 1 is 0.783 bits per heavy atom. The first kappa shape index (κ1) is 41.7. The van der Waals surface area contributed by atoms with E-state index in [1.165, 1.54) is 60.7 Å². The molecule has 0 saturated heterocycles. The van der Waals surface area contributed by atoms with E-state index >= 15 is 0 Å². The highest BCUT2D eigenvalue weighted by Crippen LogP contribution is 2.51. The minimum Gasteiger partial charge on any atom is -0.506 e. The molecule has 17 nitrogen and oxygen atoms in total. The van der Waals surface area contributed by atoms with E-state index in [9.17, 15) is 45.1 Å². The van der Waals surface area contributed by atoms with Gasteiger partial charge in [-0.1, -0.05) is 6.07 Å². The Kier molecular flexibility index (Phi) is 10.4. The number of carbonyl (C=O) groups excluding carboxylic acids is 2. The molecule has 0 aliphatic carbocycles. The van der Waals surface area contributed by atoms with Crippen LogP contribution in [0.1, 0.15) is 40.9 Å². The number of aromatic nitrogens is 1. The Hall–Kier alpha value is -6.42. The third kappa shape index (κ3) is 7.98. The van der Waals surface area contributed by atoms with Crippen molar-refractivity contribution in [1.82, 2.24) is 4.37 Å². The van der Waals surface area contributed by atoms with Gasteiger partial charge in [0.25, 0.3) is 26.0 Å². The number of amides is 2. The molecule has 1 aromatic heterocycles. The van der Waals surface area contributed by atoms with Crippen molar-refractivity contribution in [3.8, 4) is 11.5 Å². The molecular formula is C39H35N7O10S4. The lowest BCUT2D eigenvalue weighted by molar-refractivity contribution is -0.119. The van der Waals surface area contributed by atoms with Crippen LogP contribution in [0.15, 0.2) is 110 Å². The van der Waals surface area contributed by atoms with E-state index < -0.39 is 52.9 Å². The largest absolute Gasteiger partial charge is 0.506 e. The van der Waals surface area contributed by atoms with E-state index in [0.717, 1.165) is 47.1 Å². The van der Waals surface area contributed by atoms with Crippen molar-refractivity contribution in [1.29, 1.82) is 0 Å². The molecule has 2 amide bonds. The Bertz CT molecular complexity index is 3170. The van der Waals surface area contributed by atoms with Gasteiger partial charge in [-0.25, -0.2) is 25.3 Å². The van der Waals surface area contributed by atoms with Crippen molar-refractivity contribution in [3.05, 3.63) is 107 Å². The first-order valence-corrected chi connectivity index (χ1v) is 23.3. The van der Waals surface area contributed by atoms with Gasteiger partial charge in [-0.05, 0) is 129 Å². The SMILES string of the molecule is Cc1cc(O)c(NS(=O)(=O)c2cccc(NS(=O)(=O)c3ccc(C(=O)Nc4cc(N=Nc5snc6ccc(S(C)(=O)=O)cc56)c5c(c4O)C(C)(C)C(=O)N5)cc3)c2)cc1C. The fourth-order valence-electron chi connectivity index (χ4n) is 6.27. The molecule has 0 saturated carbocycles. The number of aryl methyl sites for hydroxylation is 2. The van der Waals surface area contributed by atoms with Crippen LogP contribution >= 0.6 is 11.5 Å². The predicted octanol–water partition coefficient (Wildman–Crippen LogP) is 7.23. The highest BCUT2D eigenvalue weighted by atomic mass is 32.2. The lowest BCUT2D eigenvalue weighted by Gasteiger charge is -2.19. The molecule has 2 heterocycles. The van der Waals surface area contributed by atoms with Gasteiger partial charge in [-0.3, -0.25) is 19.0 Å². The molecule has 0 atom stereocenters. The van der Waals surface area contributed by atoms with Crippen molar-refractivity contribution < 1.29 is 45.1 Å². The number of rotatable bonds is 11. The van der Waals surface area contributed by atoms with E-state index in [4.69, 9.17) is 0 Å². The Morgan fingerprint density at radius 3 is 2.15 bits per heavy atom. The second kappa shape index (κ2) is 15.0. The molecular weight excluding hydrogens is 855 g/mol. The number of aromatic hydroxyl groups is 2. The van der Waals surface area contributed by atoms with Gasteiger partial charge in [-0.2, -0.15) is 4.37 Å². The van der Waals surface area contributed by atoms with Crippen molar-refractivity contribution in [2.45, 2.75) is 47.8 Å². The maximum Gasteiger partial charge on any atom is 0.262 e. The number of sulfone groups is 1. The summed E-state index contributed by atoms with van der Waals surface area (Å²) < 4.78 is 86.4. The molecule has 0 fully saturated rings. The van der Waals surface area contributed by atoms with Crippen LogP contribution in [0.3, 0.4) is 0 Å². The maximum atomic E-state index is 13.5. The second-order valence-corrected chi connectivity index (χ2v) is 20.6. The van der Waals surface area contributed by atoms with Gasteiger partial charge in [0.1, 0.15) is 17.2 Å². The van der Waals surface area contributed by atoms with Crippen LogP contribution in [0.25, 0.3) is 10.9 Å². The molecule has 7 rings (SSSR count). The third-order valence-electron chi connectivity index (χ3n) is 9.74. The molecule has 60 heavy (non-hydrogen) atoms. The number of hydrogen-bond donors (Lipinski definition) is 6. The fourth-order valence-corrected chi connectivity index (χ4v) is 9.76. The maximum absolute atomic E-state index is 13.5. The van der Waals surface area contributed by atoms with Crippen LogP contribution in [0.5, 0.6) is 11.5 Å². The normalized spacial score (nSPS) is 13.9. The number of sulfonamides is 2. The molecule has 1 aliphatic rings. The van der Waals surface area contributed by atoms with Crippen molar-refractivity contribution in [2.75, 3.05) is 26.3 Å². The van der Waals surface area contributed by atoms with Crippen LogP contribution in [-0.4, -0.2) is 57.9 Å². The summed E-state index contributed by atoms with van der Waals surface area (Å²) in [5.41, 5.74) is 0.772. The quantitative estimate of drug-likeness (QED) is 0.0558. The van der Waals surface area contributed by atoms with E-state index in [1.807, 2.05) is 0 Å². The number of phenols is 2. The van der Waals surface area contributed by atoms with Gasteiger partial charge in [0.05, 0.1) is 48.4 Å². The molecule has 5 aromatic carbocycles. The number of azo groups is 1. The summed E-state index contributed by atoms with van der Waals surface area (Å²) in [7, 11) is -12.1. The zero-order valence-electron chi connectivity index (χ0n) is 32.2. The molecule has 1 aliphatic heterocycles. The predicted molar refractivity (Wildman–Crippen MR) is 227 cm³/mol. The van der Waals surface area contributed by atoms with Crippen molar-refractivity contribution >= 4 is 97.6 Å². The van der Waals surface area contributed by atoms with Gasteiger partial charge in [0.15, 0.2) is 14.8 Å². The molecule has 6 aromatic rings. The Morgan fingerprint density at radius 2 is 1.45 bits per heavy atom. The summed E-state index contributed by atoms with van der Waals surface area (Å²) in [5.74, 6) is -1.92. The molecule has 0 radical (unpaired) electrons. The van der Waals surface area contributed by atoms with Crippen LogP contribution < -0.4 is 20.1 Å². The Labute approximate surface area is 348 Å². The lowest BCUT2D eigenvalue weighted by Crippen LogP contribution is -2.27. The van der Waals surface area contributed by atoms with Gasteiger partial charge in [-0.15, -0.1) is 10.2 Å². The highest BCUT2D eigenvalue weighted by molar-refractivity contribution is 7.93. The fraction of sp³-hybridized carbons (Fsp3) is 0.154. The minimum atomic E-state index is -4.31. The molecule has 310 valence electrons. The number of anilines is 4. The summed E-state index contributed by atoms with van der Waals surface area (Å²) in [6.07, 6.45) is 1.07. The zero-order valence-corrected chi connectivity index (χ0v) is 35.5. The minimum absolute atomic E-state index is 0.0166. The van der Waals surface area contributed by atoms with Crippen molar-refractivity contribution in [3.63, 3.8) is 0 Å². The van der Waals surface area contributed by atoms with Gasteiger partial charge < -0.3 is 20.8 Å².